The van der Waals surface area contributed by atoms with Crippen molar-refractivity contribution in [2.24, 2.45) is 11.7 Å². The molecule has 4 nitrogen and oxygen atoms in total. The molecule has 2 unspecified atom stereocenters. The van der Waals surface area contributed by atoms with Gasteiger partial charge in [0.1, 0.15) is 0 Å². The standard InChI is InChI=1S/C13H23N3O/c1-9(2)16-7-6-11(15-16)8-12(14)13(17-3)10-4-5-10/h6-7,9-10,12-13H,4-5,8,14H2,1-3H3. The Kier molecular flexibility index (Phi) is 3.84. The van der Waals surface area contributed by atoms with Crippen LogP contribution in [0.4, 0.5) is 0 Å². The quantitative estimate of drug-likeness (QED) is 0.820. The van der Waals surface area contributed by atoms with Crippen molar-refractivity contribution in [3.8, 4) is 0 Å². The van der Waals surface area contributed by atoms with Crippen LogP contribution in [-0.4, -0.2) is 29.0 Å². The molecule has 96 valence electrons. The molecule has 2 N–H and O–H groups in total. The van der Waals surface area contributed by atoms with E-state index in [0.717, 1.165) is 12.1 Å². The van der Waals surface area contributed by atoms with E-state index >= 15 is 0 Å². The first-order valence-electron chi connectivity index (χ1n) is 6.44. The third-order valence-electron chi connectivity index (χ3n) is 3.42. The van der Waals surface area contributed by atoms with E-state index in [1.807, 2.05) is 10.9 Å². The van der Waals surface area contributed by atoms with Gasteiger partial charge >= 0.3 is 0 Å². The molecule has 0 aliphatic heterocycles. The molecule has 0 spiro atoms. The smallest absolute Gasteiger partial charge is 0.0754 e. The van der Waals surface area contributed by atoms with Crippen molar-refractivity contribution in [3.63, 3.8) is 0 Å². The Morgan fingerprint density at radius 1 is 1.53 bits per heavy atom. The summed E-state index contributed by atoms with van der Waals surface area (Å²) in [6.45, 7) is 4.25. The van der Waals surface area contributed by atoms with Crippen LogP contribution in [0.2, 0.25) is 0 Å². The van der Waals surface area contributed by atoms with E-state index in [0.29, 0.717) is 12.0 Å². The summed E-state index contributed by atoms with van der Waals surface area (Å²) in [7, 11) is 1.76. The Labute approximate surface area is 103 Å². The van der Waals surface area contributed by atoms with E-state index in [1.165, 1.54) is 12.8 Å². The van der Waals surface area contributed by atoms with Gasteiger partial charge in [0.15, 0.2) is 0 Å². The molecule has 0 bridgehead atoms. The van der Waals surface area contributed by atoms with Crippen LogP contribution in [-0.2, 0) is 11.2 Å². The van der Waals surface area contributed by atoms with Gasteiger partial charge in [0.05, 0.1) is 11.8 Å². The zero-order chi connectivity index (χ0) is 12.4. The molecule has 1 aromatic rings. The maximum Gasteiger partial charge on any atom is 0.0754 e. The Morgan fingerprint density at radius 3 is 2.71 bits per heavy atom. The molecule has 1 aromatic heterocycles. The monoisotopic (exact) mass is 237 g/mol. The first-order chi connectivity index (χ1) is 8.11. The molecular formula is C13H23N3O. The number of aromatic nitrogens is 2. The summed E-state index contributed by atoms with van der Waals surface area (Å²) >= 11 is 0. The third-order valence-corrected chi connectivity index (χ3v) is 3.42. The highest BCUT2D eigenvalue weighted by Gasteiger charge is 2.35. The van der Waals surface area contributed by atoms with Gasteiger partial charge in [0.25, 0.3) is 0 Å². The number of rotatable bonds is 6. The van der Waals surface area contributed by atoms with E-state index in [1.54, 1.807) is 7.11 Å². The molecule has 1 saturated carbocycles. The molecule has 1 fully saturated rings. The summed E-state index contributed by atoms with van der Waals surface area (Å²) < 4.78 is 7.48. The fourth-order valence-corrected chi connectivity index (χ4v) is 2.27. The maximum atomic E-state index is 6.21. The Balaban J connectivity index is 1.94. The van der Waals surface area contributed by atoms with Gasteiger partial charge < -0.3 is 10.5 Å². The molecule has 2 rings (SSSR count). The fourth-order valence-electron chi connectivity index (χ4n) is 2.27. The minimum absolute atomic E-state index is 0.0583. The van der Waals surface area contributed by atoms with Gasteiger partial charge in [-0.1, -0.05) is 0 Å². The van der Waals surface area contributed by atoms with Gasteiger partial charge in [0, 0.05) is 31.8 Å². The van der Waals surface area contributed by atoms with Crippen LogP contribution in [0.1, 0.15) is 38.4 Å². The van der Waals surface area contributed by atoms with Crippen molar-refractivity contribution in [2.75, 3.05) is 7.11 Å². The van der Waals surface area contributed by atoms with Crippen LogP contribution in [0.5, 0.6) is 0 Å². The van der Waals surface area contributed by atoms with Gasteiger partial charge in [-0.05, 0) is 38.7 Å². The highest BCUT2D eigenvalue weighted by Crippen LogP contribution is 2.35. The lowest BCUT2D eigenvalue weighted by Gasteiger charge is -2.21. The lowest BCUT2D eigenvalue weighted by atomic mass is 10.0. The molecule has 4 heteroatoms. The summed E-state index contributed by atoms with van der Waals surface area (Å²) in [4.78, 5) is 0. The van der Waals surface area contributed by atoms with Gasteiger partial charge in [-0.3, -0.25) is 4.68 Å². The van der Waals surface area contributed by atoms with Crippen molar-refractivity contribution >= 4 is 0 Å². The van der Waals surface area contributed by atoms with E-state index in [2.05, 4.69) is 25.0 Å². The van der Waals surface area contributed by atoms with Crippen LogP contribution in [0.3, 0.4) is 0 Å². The average molecular weight is 237 g/mol. The van der Waals surface area contributed by atoms with Gasteiger partial charge in [-0.15, -0.1) is 0 Å². The predicted molar refractivity (Wildman–Crippen MR) is 67.8 cm³/mol. The second-order valence-electron chi connectivity index (χ2n) is 5.29. The van der Waals surface area contributed by atoms with Crippen molar-refractivity contribution in [2.45, 2.75) is 51.3 Å². The van der Waals surface area contributed by atoms with Crippen molar-refractivity contribution in [1.82, 2.24) is 9.78 Å². The predicted octanol–water partition coefficient (Wildman–Crippen LogP) is 1.76. The number of hydrogen-bond acceptors (Lipinski definition) is 3. The van der Waals surface area contributed by atoms with E-state index < -0.39 is 0 Å². The third kappa shape index (κ3) is 3.07. The Morgan fingerprint density at radius 2 is 2.24 bits per heavy atom. The zero-order valence-electron chi connectivity index (χ0n) is 11.0. The molecule has 1 aliphatic carbocycles. The molecule has 17 heavy (non-hydrogen) atoms. The SMILES string of the molecule is COC(C(N)Cc1ccn(C(C)C)n1)C1CC1. The van der Waals surface area contributed by atoms with Crippen molar-refractivity contribution in [3.05, 3.63) is 18.0 Å². The molecule has 1 heterocycles. The molecule has 2 atom stereocenters. The lowest BCUT2D eigenvalue weighted by molar-refractivity contribution is 0.0624. The van der Waals surface area contributed by atoms with Crippen molar-refractivity contribution in [1.29, 1.82) is 0 Å². The highest BCUT2D eigenvalue weighted by atomic mass is 16.5. The van der Waals surface area contributed by atoms with E-state index in [-0.39, 0.29) is 12.1 Å². The number of ether oxygens (including phenoxy) is 1. The van der Waals surface area contributed by atoms with E-state index in [4.69, 9.17) is 10.5 Å². The normalized spacial score (nSPS) is 19.6. The van der Waals surface area contributed by atoms with Crippen LogP contribution < -0.4 is 5.73 Å². The second-order valence-corrected chi connectivity index (χ2v) is 5.29. The topological polar surface area (TPSA) is 53.1 Å². The Bertz CT molecular complexity index is 357. The summed E-state index contributed by atoms with van der Waals surface area (Å²) in [5.41, 5.74) is 7.28. The number of hydrogen-bond donors (Lipinski definition) is 1. The number of nitrogens with zero attached hydrogens (tertiary/aromatic N) is 2. The van der Waals surface area contributed by atoms with Crippen LogP contribution in [0.15, 0.2) is 12.3 Å². The molecule has 1 aliphatic rings. The van der Waals surface area contributed by atoms with Crippen LogP contribution >= 0.6 is 0 Å². The first kappa shape index (κ1) is 12.6. The average Bonchev–Trinajstić information content (AvgIpc) is 2.98. The van der Waals surface area contributed by atoms with Gasteiger partial charge in [-0.25, -0.2) is 0 Å². The van der Waals surface area contributed by atoms with Crippen LogP contribution in [0.25, 0.3) is 0 Å². The molecule has 0 aromatic carbocycles. The Hall–Kier alpha value is -0.870. The first-order valence-corrected chi connectivity index (χ1v) is 6.44. The largest absolute Gasteiger partial charge is 0.380 e. The van der Waals surface area contributed by atoms with Crippen LogP contribution in [0, 0.1) is 5.92 Å². The molecule has 0 saturated heterocycles. The van der Waals surface area contributed by atoms with Gasteiger partial charge in [0.2, 0.25) is 0 Å². The summed E-state index contributed by atoms with van der Waals surface area (Å²) in [5.74, 6) is 0.669. The molecule has 0 radical (unpaired) electrons. The summed E-state index contributed by atoms with van der Waals surface area (Å²) in [6.07, 6.45) is 5.53. The lowest BCUT2D eigenvalue weighted by Crippen LogP contribution is -2.39. The molecular weight excluding hydrogens is 214 g/mol. The number of methoxy groups -OCH3 is 1. The summed E-state index contributed by atoms with van der Waals surface area (Å²) in [5, 5.41) is 4.53. The number of nitrogens with two attached hydrogens (primary N) is 1. The van der Waals surface area contributed by atoms with Gasteiger partial charge in [-0.2, -0.15) is 5.10 Å². The summed E-state index contributed by atoms with van der Waals surface area (Å²) in [6, 6.07) is 2.52. The minimum Gasteiger partial charge on any atom is -0.380 e. The maximum absolute atomic E-state index is 6.21. The minimum atomic E-state index is 0.0583. The zero-order valence-corrected chi connectivity index (χ0v) is 11.0. The second kappa shape index (κ2) is 5.19. The van der Waals surface area contributed by atoms with Crippen molar-refractivity contribution < 1.29 is 4.74 Å². The highest BCUT2D eigenvalue weighted by molar-refractivity contribution is 5.04. The fraction of sp³-hybridized carbons (Fsp3) is 0.769. The molecule has 0 amide bonds. The van der Waals surface area contributed by atoms with E-state index in [9.17, 15) is 0 Å².